The highest BCUT2D eigenvalue weighted by molar-refractivity contribution is 7.08. The smallest absolute Gasteiger partial charge is 0.408 e. The highest BCUT2D eigenvalue weighted by Gasteiger charge is 2.15. The number of fused-ring (bicyclic) bond motifs is 1. The summed E-state index contributed by atoms with van der Waals surface area (Å²) in [4.78, 5) is 13.9. The largest absolute Gasteiger partial charge is 0.417 e. The van der Waals surface area contributed by atoms with Crippen molar-refractivity contribution in [3.63, 3.8) is 0 Å². The van der Waals surface area contributed by atoms with E-state index in [0.717, 1.165) is 24.0 Å². The number of benzene rings is 1. The van der Waals surface area contributed by atoms with Gasteiger partial charge in [-0.15, -0.1) is 0 Å². The minimum atomic E-state index is -0.411. The molecule has 0 saturated heterocycles. The van der Waals surface area contributed by atoms with Crippen LogP contribution in [0.4, 0.5) is 0 Å². The molecule has 0 fully saturated rings. The zero-order chi connectivity index (χ0) is 13.9. The molecule has 0 spiro atoms. The normalized spacial score (nSPS) is 12.8. The lowest BCUT2D eigenvalue weighted by molar-refractivity contribution is 0.553. The Hall–Kier alpha value is -1.85. The van der Waals surface area contributed by atoms with Crippen molar-refractivity contribution < 1.29 is 4.42 Å². The molecule has 0 saturated carbocycles. The van der Waals surface area contributed by atoms with Crippen molar-refractivity contribution in [2.24, 2.45) is 0 Å². The Morgan fingerprint density at radius 2 is 2.25 bits per heavy atom. The van der Waals surface area contributed by atoms with Crippen LogP contribution in [0.25, 0.3) is 11.1 Å². The minimum absolute atomic E-state index is 0.130. The highest BCUT2D eigenvalue weighted by atomic mass is 32.1. The van der Waals surface area contributed by atoms with Gasteiger partial charge in [0.25, 0.3) is 0 Å². The van der Waals surface area contributed by atoms with Gasteiger partial charge in [0.05, 0.1) is 11.6 Å². The van der Waals surface area contributed by atoms with E-state index < -0.39 is 5.76 Å². The molecule has 5 heteroatoms. The molecule has 104 valence electrons. The number of hydrogen-bond acceptors (Lipinski definition) is 4. The second-order valence-corrected chi connectivity index (χ2v) is 5.49. The number of H-pyrrole nitrogens is 1. The summed E-state index contributed by atoms with van der Waals surface area (Å²) in [5.41, 5.74) is 3.68. The lowest BCUT2D eigenvalue weighted by atomic mass is 10.0. The molecular weight excluding hydrogens is 272 g/mol. The minimum Gasteiger partial charge on any atom is -0.408 e. The Balaban J connectivity index is 2.01. The van der Waals surface area contributed by atoms with Gasteiger partial charge < -0.3 is 9.73 Å². The van der Waals surface area contributed by atoms with Gasteiger partial charge in [0.15, 0.2) is 5.58 Å². The number of hydrogen-bond donors (Lipinski definition) is 2. The molecule has 0 aliphatic rings. The summed E-state index contributed by atoms with van der Waals surface area (Å²) >= 11 is 1.68. The SMILES string of the molecule is CCCNC(c1ccsc1)c1ccc2[nH]c(=O)oc2c1. The standard InChI is InChI=1S/C15H16N2O2S/c1-2-6-16-14(11-5-7-20-9-11)10-3-4-12-13(8-10)19-15(18)17-12/h3-5,7-9,14,16H,2,6H2,1H3,(H,17,18). The molecule has 0 aliphatic heterocycles. The first-order chi connectivity index (χ1) is 9.78. The molecule has 1 atom stereocenters. The van der Waals surface area contributed by atoms with Crippen molar-refractivity contribution in [3.05, 3.63) is 56.7 Å². The first kappa shape index (κ1) is 13.1. The highest BCUT2D eigenvalue weighted by Crippen LogP contribution is 2.26. The van der Waals surface area contributed by atoms with E-state index in [9.17, 15) is 4.79 Å². The van der Waals surface area contributed by atoms with Crippen LogP contribution in [0.15, 0.2) is 44.2 Å². The summed E-state index contributed by atoms with van der Waals surface area (Å²) in [6, 6.07) is 8.10. The van der Waals surface area contributed by atoms with Gasteiger partial charge in [-0.05, 0) is 53.1 Å². The fourth-order valence-electron chi connectivity index (χ4n) is 2.30. The Labute approximate surface area is 120 Å². The summed E-state index contributed by atoms with van der Waals surface area (Å²) in [6.45, 7) is 3.09. The maximum atomic E-state index is 11.2. The number of aromatic amines is 1. The molecule has 1 unspecified atom stereocenters. The van der Waals surface area contributed by atoms with Gasteiger partial charge in [0.1, 0.15) is 0 Å². The van der Waals surface area contributed by atoms with Crippen molar-refractivity contribution in [2.45, 2.75) is 19.4 Å². The molecule has 0 amide bonds. The van der Waals surface area contributed by atoms with Crippen LogP contribution in [0.3, 0.4) is 0 Å². The van der Waals surface area contributed by atoms with Crippen molar-refractivity contribution in [1.29, 1.82) is 0 Å². The van der Waals surface area contributed by atoms with Crippen LogP contribution in [0.1, 0.15) is 30.5 Å². The summed E-state index contributed by atoms with van der Waals surface area (Å²) in [5, 5.41) is 7.75. The molecule has 3 aromatic rings. The van der Waals surface area contributed by atoms with Crippen LogP contribution >= 0.6 is 11.3 Å². The van der Waals surface area contributed by atoms with E-state index in [2.05, 4.69) is 34.1 Å². The van der Waals surface area contributed by atoms with Gasteiger partial charge in [0, 0.05) is 0 Å². The summed E-state index contributed by atoms with van der Waals surface area (Å²) < 4.78 is 5.14. The Morgan fingerprint density at radius 3 is 3.00 bits per heavy atom. The van der Waals surface area contributed by atoms with Crippen LogP contribution in [-0.2, 0) is 0 Å². The lowest BCUT2D eigenvalue weighted by Gasteiger charge is -2.18. The van der Waals surface area contributed by atoms with Gasteiger partial charge in [-0.2, -0.15) is 11.3 Å². The molecule has 20 heavy (non-hydrogen) atoms. The molecule has 1 aromatic carbocycles. The van der Waals surface area contributed by atoms with Crippen molar-refractivity contribution >= 4 is 22.4 Å². The van der Waals surface area contributed by atoms with Crippen LogP contribution in [0.5, 0.6) is 0 Å². The van der Waals surface area contributed by atoms with E-state index in [1.165, 1.54) is 5.56 Å². The number of rotatable bonds is 5. The van der Waals surface area contributed by atoms with Crippen LogP contribution < -0.4 is 11.1 Å². The molecular formula is C15H16N2O2S. The van der Waals surface area contributed by atoms with Gasteiger partial charge in [0.2, 0.25) is 0 Å². The maximum Gasteiger partial charge on any atom is 0.417 e. The summed E-state index contributed by atoms with van der Waals surface area (Å²) in [6.07, 6.45) is 1.07. The number of aromatic nitrogens is 1. The molecule has 0 bridgehead atoms. The van der Waals surface area contributed by atoms with Gasteiger partial charge >= 0.3 is 5.76 Å². The van der Waals surface area contributed by atoms with E-state index in [1.54, 1.807) is 11.3 Å². The molecule has 2 heterocycles. The van der Waals surface area contributed by atoms with E-state index in [4.69, 9.17) is 4.42 Å². The quantitative estimate of drug-likeness (QED) is 0.757. The van der Waals surface area contributed by atoms with Gasteiger partial charge in [-0.1, -0.05) is 13.0 Å². The molecule has 2 aromatic heterocycles. The van der Waals surface area contributed by atoms with Crippen molar-refractivity contribution in [2.75, 3.05) is 6.54 Å². The second kappa shape index (κ2) is 5.64. The zero-order valence-electron chi connectivity index (χ0n) is 11.2. The number of thiophene rings is 1. The van der Waals surface area contributed by atoms with E-state index in [1.807, 2.05) is 18.2 Å². The van der Waals surface area contributed by atoms with Crippen molar-refractivity contribution in [1.82, 2.24) is 10.3 Å². The van der Waals surface area contributed by atoms with Crippen LogP contribution in [0.2, 0.25) is 0 Å². The predicted molar refractivity (Wildman–Crippen MR) is 81.3 cm³/mol. The lowest BCUT2D eigenvalue weighted by Crippen LogP contribution is -2.22. The van der Waals surface area contributed by atoms with E-state index in [-0.39, 0.29) is 6.04 Å². The molecule has 0 radical (unpaired) electrons. The first-order valence-electron chi connectivity index (χ1n) is 6.66. The van der Waals surface area contributed by atoms with Gasteiger partial charge in [-0.25, -0.2) is 4.79 Å². The Kier molecular flexibility index (Phi) is 3.71. The average Bonchev–Trinajstić information content (AvgIpc) is 3.07. The maximum absolute atomic E-state index is 11.2. The van der Waals surface area contributed by atoms with Crippen LogP contribution in [-0.4, -0.2) is 11.5 Å². The monoisotopic (exact) mass is 288 g/mol. The second-order valence-electron chi connectivity index (χ2n) is 4.71. The van der Waals surface area contributed by atoms with E-state index in [0.29, 0.717) is 5.58 Å². The van der Waals surface area contributed by atoms with Gasteiger partial charge in [-0.3, -0.25) is 4.98 Å². The third-order valence-corrected chi connectivity index (χ3v) is 3.95. The molecule has 4 nitrogen and oxygen atoms in total. The average molecular weight is 288 g/mol. The third kappa shape index (κ3) is 2.55. The molecule has 3 rings (SSSR count). The first-order valence-corrected chi connectivity index (χ1v) is 7.60. The predicted octanol–water partition coefficient (Wildman–Crippen LogP) is 3.27. The van der Waals surface area contributed by atoms with Crippen molar-refractivity contribution in [3.8, 4) is 0 Å². The van der Waals surface area contributed by atoms with Crippen LogP contribution in [0, 0.1) is 0 Å². The summed E-state index contributed by atoms with van der Waals surface area (Å²) in [7, 11) is 0. The number of oxazole rings is 1. The van der Waals surface area contributed by atoms with E-state index >= 15 is 0 Å². The molecule has 2 N–H and O–H groups in total. The summed E-state index contributed by atoms with van der Waals surface area (Å²) in [5.74, 6) is -0.411. The number of nitrogens with one attached hydrogen (secondary N) is 2. The topological polar surface area (TPSA) is 58.0 Å². The fraction of sp³-hybridized carbons (Fsp3) is 0.267. The Bertz CT molecular complexity index is 743. The fourth-order valence-corrected chi connectivity index (χ4v) is 2.98. The third-order valence-electron chi connectivity index (χ3n) is 3.25. The molecule has 0 aliphatic carbocycles. The Morgan fingerprint density at radius 1 is 1.35 bits per heavy atom. The zero-order valence-corrected chi connectivity index (χ0v) is 12.0.